The van der Waals surface area contributed by atoms with Gasteiger partial charge in [-0.2, -0.15) is 0 Å². The highest BCUT2D eigenvalue weighted by atomic mass is 32.1. The molecule has 0 spiro atoms. The van der Waals surface area contributed by atoms with Crippen LogP contribution in [0.25, 0.3) is 6.08 Å². The van der Waals surface area contributed by atoms with Crippen LogP contribution in [0.4, 0.5) is 22.0 Å². The molecule has 23 heavy (non-hydrogen) atoms. The molecule has 0 aliphatic rings. The smallest absolute Gasteiger partial charge is 0.334 e. The molecular weight excluding hydrogens is 339 g/mol. The van der Waals surface area contributed by atoms with E-state index < -0.39 is 47.0 Å². The van der Waals surface area contributed by atoms with Crippen LogP contribution in [0.15, 0.2) is 23.1 Å². The summed E-state index contributed by atoms with van der Waals surface area (Å²) in [6, 6.07) is 3.29. The molecule has 0 aliphatic carbocycles. The Morgan fingerprint density at radius 2 is 1.65 bits per heavy atom. The average Bonchev–Trinajstić information content (AvgIpc) is 3.06. The maximum atomic E-state index is 13.7. The van der Waals surface area contributed by atoms with Crippen molar-refractivity contribution < 1.29 is 31.5 Å². The molecular formula is C15H9F5O2S. The van der Waals surface area contributed by atoms with Crippen LogP contribution >= 0.6 is 11.3 Å². The lowest BCUT2D eigenvalue weighted by Crippen LogP contribution is -2.13. The molecule has 1 aromatic heterocycles. The van der Waals surface area contributed by atoms with Gasteiger partial charge in [-0.25, -0.2) is 26.7 Å². The summed E-state index contributed by atoms with van der Waals surface area (Å²) in [6.45, 7) is 0. The van der Waals surface area contributed by atoms with Gasteiger partial charge in [0.25, 0.3) is 0 Å². The van der Waals surface area contributed by atoms with E-state index in [-0.39, 0.29) is 5.57 Å². The summed E-state index contributed by atoms with van der Waals surface area (Å²) in [7, 11) is 1.04. The molecule has 0 bridgehead atoms. The zero-order valence-electron chi connectivity index (χ0n) is 11.6. The van der Waals surface area contributed by atoms with E-state index in [1.807, 2.05) is 0 Å². The van der Waals surface area contributed by atoms with E-state index in [9.17, 15) is 26.7 Å². The van der Waals surface area contributed by atoms with Crippen LogP contribution in [0.3, 0.4) is 0 Å². The molecule has 1 aromatic carbocycles. The summed E-state index contributed by atoms with van der Waals surface area (Å²) in [5.74, 6) is -11.2. The van der Waals surface area contributed by atoms with E-state index in [4.69, 9.17) is 0 Å². The summed E-state index contributed by atoms with van der Waals surface area (Å²) < 4.78 is 71.4. The molecule has 1 heterocycles. The molecule has 0 fully saturated rings. The van der Waals surface area contributed by atoms with Crippen molar-refractivity contribution >= 4 is 23.4 Å². The molecule has 2 rings (SSSR count). The Hall–Kier alpha value is -2.22. The summed E-state index contributed by atoms with van der Waals surface area (Å²) >= 11 is 1.23. The molecule has 0 N–H and O–H groups in total. The van der Waals surface area contributed by atoms with Crippen LogP contribution in [0.5, 0.6) is 0 Å². The van der Waals surface area contributed by atoms with Crippen LogP contribution in [0.2, 0.25) is 0 Å². The number of benzene rings is 1. The lowest BCUT2D eigenvalue weighted by atomic mass is 10.0. The minimum absolute atomic E-state index is 0.238. The second-order valence-corrected chi connectivity index (χ2v) is 5.38. The first-order valence-electron chi connectivity index (χ1n) is 6.19. The lowest BCUT2D eigenvalue weighted by molar-refractivity contribution is -0.136. The van der Waals surface area contributed by atoms with Crippen molar-refractivity contribution in [3.8, 4) is 0 Å². The Morgan fingerprint density at radius 3 is 2.13 bits per heavy atom. The quantitative estimate of drug-likeness (QED) is 0.272. The third-order valence-corrected chi connectivity index (χ3v) is 3.79. The number of methoxy groups -OCH3 is 1. The first-order valence-corrected chi connectivity index (χ1v) is 7.07. The van der Waals surface area contributed by atoms with Crippen LogP contribution in [-0.4, -0.2) is 13.1 Å². The van der Waals surface area contributed by atoms with E-state index in [0.29, 0.717) is 4.88 Å². The zero-order valence-corrected chi connectivity index (χ0v) is 12.4. The predicted molar refractivity (Wildman–Crippen MR) is 74.2 cm³/mol. The van der Waals surface area contributed by atoms with Crippen LogP contribution in [0, 0.1) is 29.1 Å². The number of ether oxygens (including phenoxy) is 1. The van der Waals surface area contributed by atoms with Crippen molar-refractivity contribution in [2.45, 2.75) is 6.42 Å². The van der Waals surface area contributed by atoms with Crippen LogP contribution in [0.1, 0.15) is 10.4 Å². The average molecular weight is 348 g/mol. The molecule has 122 valence electrons. The zero-order chi connectivity index (χ0) is 17.1. The molecule has 2 aromatic rings. The summed E-state index contributed by atoms with van der Waals surface area (Å²) in [6.07, 6.45) is 0.477. The van der Waals surface area contributed by atoms with Crippen molar-refractivity contribution in [2.75, 3.05) is 7.11 Å². The topological polar surface area (TPSA) is 26.3 Å². The maximum Gasteiger partial charge on any atom is 0.334 e. The molecule has 0 amide bonds. The van der Waals surface area contributed by atoms with Crippen molar-refractivity contribution in [3.05, 3.63) is 62.6 Å². The van der Waals surface area contributed by atoms with Crippen molar-refractivity contribution in [2.24, 2.45) is 0 Å². The summed E-state index contributed by atoms with van der Waals surface area (Å²) in [5.41, 5.74) is -1.33. The number of hydrogen-bond donors (Lipinski definition) is 0. The van der Waals surface area contributed by atoms with Gasteiger partial charge in [0.05, 0.1) is 7.11 Å². The second-order valence-electron chi connectivity index (χ2n) is 4.40. The Bertz CT molecular complexity index is 740. The Labute approximate surface area is 131 Å². The molecule has 0 saturated heterocycles. The van der Waals surface area contributed by atoms with Crippen molar-refractivity contribution in [1.82, 2.24) is 0 Å². The molecule has 0 aliphatic heterocycles. The first kappa shape index (κ1) is 17.1. The molecule has 2 nitrogen and oxygen atoms in total. The normalized spacial score (nSPS) is 11.7. The highest BCUT2D eigenvalue weighted by Crippen LogP contribution is 2.26. The molecule has 8 heteroatoms. The van der Waals surface area contributed by atoms with Gasteiger partial charge in [-0.1, -0.05) is 6.07 Å². The third-order valence-electron chi connectivity index (χ3n) is 2.98. The largest absolute Gasteiger partial charge is 0.466 e. The fourth-order valence-corrected chi connectivity index (χ4v) is 2.54. The minimum atomic E-state index is -2.24. The summed E-state index contributed by atoms with van der Waals surface area (Å²) in [4.78, 5) is 12.3. The third kappa shape index (κ3) is 3.42. The van der Waals surface area contributed by atoms with Crippen LogP contribution < -0.4 is 0 Å². The van der Waals surface area contributed by atoms with Gasteiger partial charge in [-0.15, -0.1) is 11.3 Å². The van der Waals surface area contributed by atoms with Gasteiger partial charge in [0.2, 0.25) is 5.82 Å². The predicted octanol–water partition coefficient (Wildman–Crippen LogP) is 4.24. The van der Waals surface area contributed by atoms with Gasteiger partial charge >= 0.3 is 5.97 Å². The minimum Gasteiger partial charge on any atom is -0.466 e. The van der Waals surface area contributed by atoms with E-state index >= 15 is 0 Å². The lowest BCUT2D eigenvalue weighted by Gasteiger charge is -2.10. The summed E-state index contributed by atoms with van der Waals surface area (Å²) in [5, 5.41) is 1.69. The number of rotatable bonds is 4. The van der Waals surface area contributed by atoms with Crippen molar-refractivity contribution in [1.29, 1.82) is 0 Å². The van der Waals surface area contributed by atoms with Gasteiger partial charge in [0.15, 0.2) is 23.3 Å². The number of thiophene rings is 1. The SMILES string of the molecule is COC(=O)/C(=C/c1cccs1)Cc1c(F)c(F)c(F)c(F)c1F. The maximum absolute atomic E-state index is 13.7. The number of carbonyl (C=O) groups is 1. The van der Waals surface area contributed by atoms with E-state index in [0.717, 1.165) is 7.11 Å². The van der Waals surface area contributed by atoms with Gasteiger partial charge < -0.3 is 4.74 Å². The second kappa shape index (κ2) is 6.91. The van der Waals surface area contributed by atoms with E-state index in [1.165, 1.54) is 17.4 Å². The number of hydrogen-bond acceptors (Lipinski definition) is 3. The molecule has 0 saturated carbocycles. The van der Waals surface area contributed by atoms with Gasteiger partial charge in [-0.3, -0.25) is 0 Å². The highest BCUT2D eigenvalue weighted by molar-refractivity contribution is 7.10. The fourth-order valence-electron chi connectivity index (χ4n) is 1.85. The van der Waals surface area contributed by atoms with Crippen molar-refractivity contribution in [3.63, 3.8) is 0 Å². The molecule has 0 unspecified atom stereocenters. The monoisotopic (exact) mass is 348 g/mol. The molecule has 0 radical (unpaired) electrons. The Morgan fingerprint density at radius 1 is 1.09 bits per heavy atom. The Kier molecular flexibility index (Phi) is 5.15. The van der Waals surface area contributed by atoms with Gasteiger partial charge in [0, 0.05) is 22.4 Å². The standard InChI is InChI=1S/C15H9F5O2S/c1-22-15(21)7(5-8-3-2-4-23-8)6-9-10(16)12(18)14(20)13(19)11(9)17/h2-5H,6H2,1H3/b7-5+. The first-order chi connectivity index (χ1) is 10.9. The molecule has 0 atom stereocenters. The van der Waals surface area contributed by atoms with Crippen LogP contribution in [-0.2, 0) is 16.0 Å². The number of carbonyl (C=O) groups excluding carboxylic acids is 1. The van der Waals surface area contributed by atoms with Gasteiger partial charge in [-0.05, 0) is 17.5 Å². The fraction of sp³-hybridized carbons (Fsp3) is 0.133. The number of esters is 1. The highest BCUT2D eigenvalue weighted by Gasteiger charge is 2.27. The van der Waals surface area contributed by atoms with E-state index in [2.05, 4.69) is 4.74 Å². The Balaban J connectivity index is 2.52. The van der Waals surface area contributed by atoms with Gasteiger partial charge in [0.1, 0.15) is 0 Å². The van der Waals surface area contributed by atoms with E-state index in [1.54, 1.807) is 17.5 Å². The number of halogens is 5.